The summed E-state index contributed by atoms with van der Waals surface area (Å²) in [5, 5.41) is 18.8. The van der Waals surface area contributed by atoms with E-state index in [0.29, 0.717) is 56.9 Å². The maximum Gasteiger partial charge on any atom is 0.262 e. The summed E-state index contributed by atoms with van der Waals surface area (Å²) in [6, 6.07) is 7.83. The monoisotopic (exact) mass is 562 g/mol. The van der Waals surface area contributed by atoms with E-state index in [1.807, 2.05) is 6.07 Å². The maximum atomic E-state index is 13.9. The number of pyridine rings is 2. The Morgan fingerprint density at radius 3 is 2.49 bits per heavy atom. The Hall–Kier alpha value is -4.48. The molecule has 0 amide bonds. The van der Waals surface area contributed by atoms with Crippen molar-refractivity contribution in [3.05, 3.63) is 70.7 Å². The number of halogens is 3. The molecule has 4 N–H and O–H groups in total. The van der Waals surface area contributed by atoms with E-state index in [-0.39, 0.29) is 5.41 Å². The van der Waals surface area contributed by atoms with Gasteiger partial charge in [0.2, 0.25) is 5.95 Å². The normalized spacial score (nSPS) is 14.3. The zero-order valence-corrected chi connectivity index (χ0v) is 23.8. The van der Waals surface area contributed by atoms with Crippen LogP contribution in [0.2, 0.25) is 0 Å². The second-order valence-corrected chi connectivity index (χ2v) is 11.7. The van der Waals surface area contributed by atoms with Crippen molar-refractivity contribution in [1.82, 2.24) is 25.9 Å². The summed E-state index contributed by atoms with van der Waals surface area (Å²) in [5.41, 5.74) is 8.20. The molecule has 0 spiro atoms. The van der Waals surface area contributed by atoms with Gasteiger partial charge >= 0.3 is 0 Å². The molecule has 0 unspecified atom stereocenters. The molecule has 0 bridgehead atoms. The highest BCUT2D eigenvalue weighted by atomic mass is 19.3. The number of hydrazine groups is 2. The molecule has 0 aliphatic carbocycles. The van der Waals surface area contributed by atoms with Crippen LogP contribution in [0.3, 0.4) is 0 Å². The Kier molecular flexibility index (Phi) is 8.05. The lowest BCUT2D eigenvalue weighted by Gasteiger charge is -2.33. The summed E-state index contributed by atoms with van der Waals surface area (Å²) in [6.45, 7) is 11.4. The molecule has 3 heterocycles. The van der Waals surface area contributed by atoms with Gasteiger partial charge in [0, 0.05) is 41.3 Å². The van der Waals surface area contributed by atoms with Gasteiger partial charge in [-0.05, 0) is 44.4 Å². The van der Waals surface area contributed by atoms with Gasteiger partial charge in [0.15, 0.2) is 0 Å². The Balaban J connectivity index is 1.86. The Labute approximate surface area is 238 Å². The third-order valence-electron chi connectivity index (χ3n) is 6.81. The minimum absolute atomic E-state index is 0.0565. The molecular weight excluding hydrogens is 529 g/mol. The highest BCUT2D eigenvalue weighted by molar-refractivity contribution is 5.99. The Bertz CT molecular complexity index is 1580. The highest BCUT2D eigenvalue weighted by Crippen LogP contribution is 2.35. The lowest BCUT2D eigenvalue weighted by Crippen LogP contribution is -2.53. The zero-order chi connectivity index (χ0) is 30.1. The summed E-state index contributed by atoms with van der Waals surface area (Å²) in [5.74, 6) is 2.03. The maximum absolute atomic E-state index is 13.9. The quantitative estimate of drug-likeness (QED) is 0.203. The number of fused-ring (bicyclic) bond motifs is 1. The fourth-order valence-electron chi connectivity index (χ4n) is 4.35. The molecule has 3 aromatic rings. The molecule has 0 radical (unpaired) electrons. The predicted molar refractivity (Wildman–Crippen MR) is 154 cm³/mol. The van der Waals surface area contributed by atoms with E-state index < -0.39 is 24.0 Å². The van der Waals surface area contributed by atoms with Crippen molar-refractivity contribution in [3.63, 3.8) is 0 Å². The molecule has 1 aromatic carbocycles. The first kappa shape index (κ1) is 29.5. The lowest BCUT2D eigenvalue weighted by atomic mass is 9.96. The van der Waals surface area contributed by atoms with Gasteiger partial charge in [-0.25, -0.2) is 13.8 Å². The summed E-state index contributed by atoms with van der Waals surface area (Å²) in [7, 11) is 0. The minimum atomic E-state index is -2.65. The molecule has 4 rings (SSSR count). The van der Waals surface area contributed by atoms with Gasteiger partial charge in [-0.15, -0.1) is 12.0 Å². The number of aromatic nitrogens is 2. The molecule has 41 heavy (non-hydrogen) atoms. The molecule has 0 fully saturated rings. The average molecular weight is 563 g/mol. The number of anilines is 2. The van der Waals surface area contributed by atoms with Crippen LogP contribution in [0, 0.1) is 42.0 Å². The van der Waals surface area contributed by atoms with Crippen LogP contribution in [-0.4, -0.2) is 33.5 Å². The highest BCUT2D eigenvalue weighted by Gasteiger charge is 2.38. The molecule has 1 atom stereocenters. The van der Waals surface area contributed by atoms with Crippen molar-refractivity contribution in [1.29, 1.82) is 5.26 Å². The van der Waals surface area contributed by atoms with Crippen molar-refractivity contribution < 1.29 is 13.2 Å². The number of benzene rings is 1. The number of alkyl halides is 2. The number of rotatable bonds is 8. The first-order chi connectivity index (χ1) is 19.2. The van der Waals surface area contributed by atoms with E-state index in [0.717, 1.165) is 0 Å². The van der Waals surface area contributed by atoms with E-state index in [4.69, 9.17) is 6.42 Å². The molecule has 2 aromatic heterocycles. The van der Waals surface area contributed by atoms with Gasteiger partial charge in [-0.2, -0.15) is 9.65 Å². The van der Waals surface area contributed by atoms with E-state index in [2.05, 4.69) is 64.3 Å². The number of terminal acetylenes is 1. The van der Waals surface area contributed by atoms with Crippen LogP contribution in [0.15, 0.2) is 42.4 Å². The van der Waals surface area contributed by atoms with Crippen molar-refractivity contribution >= 4 is 22.3 Å². The third-order valence-corrected chi connectivity index (χ3v) is 6.81. The second kappa shape index (κ2) is 11.2. The summed E-state index contributed by atoms with van der Waals surface area (Å²) in [6.07, 6.45) is 6.25. The smallest absolute Gasteiger partial charge is 0.262 e. The Morgan fingerprint density at radius 1 is 1.15 bits per heavy atom. The first-order valence-corrected chi connectivity index (χ1v) is 13.0. The van der Waals surface area contributed by atoms with Gasteiger partial charge in [-0.1, -0.05) is 32.8 Å². The molecule has 0 saturated carbocycles. The molecule has 11 heteroatoms. The summed E-state index contributed by atoms with van der Waals surface area (Å²) < 4.78 is 41.5. The van der Waals surface area contributed by atoms with Crippen molar-refractivity contribution in [2.24, 2.45) is 5.41 Å². The first-order valence-electron chi connectivity index (χ1n) is 13.0. The van der Waals surface area contributed by atoms with E-state index in [1.165, 1.54) is 31.1 Å². The predicted octanol–water partition coefficient (Wildman–Crippen LogP) is 5.75. The standard InChI is InChI=1S/C30H33F3N8/c1-8-18-14-35-26-19(13-34)11-20(12-22(26)25(18)36-16-29(3,4)5)38-27(21-9-10-24(31)37-17(21)2)23-15-41(40-39-23)30(6,7)28(32)33/h1,9-12,14-15,27-28,38-40H,16H2,2-7H3,(H,35,36)/t27-/m0/s1. The molecule has 214 valence electrons. The lowest BCUT2D eigenvalue weighted by molar-refractivity contribution is -0.0311. The topological polar surface area (TPSA) is 101 Å². The fourth-order valence-corrected chi connectivity index (χ4v) is 4.35. The van der Waals surface area contributed by atoms with Crippen LogP contribution in [0.4, 0.5) is 24.5 Å². The molecule has 8 nitrogen and oxygen atoms in total. The van der Waals surface area contributed by atoms with E-state index in [9.17, 15) is 18.4 Å². The Morgan fingerprint density at radius 2 is 1.88 bits per heavy atom. The second-order valence-electron chi connectivity index (χ2n) is 11.7. The third kappa shape index (κ3) is 6.16. The van der Waals surface area contributed by atoms with Crippen molar-refractivity contribution in [2.75, 3.05) is 17.2 Å². The zero-order valence-electron chi connectivity index (χ0n) is 23.8. The van der Waals surface area contributed by atoms with Gasteiger partial charge in [-0.3, -0.25) is 9.99 Å². The minimum Gasteiger partial charge on any atom is -0.383 e. The van der Waals surface area contributed by atoms with Crippen LogP contribution in [0.5, 0.6) is 0 Å². The summed E-state index contributed by atoms with van der Waals surface area (Å²) >= 11 is 0. The molecular formula is C30H33F3N8. The van der Waals surface area contributed by atoms with Crippen LogP contribution in [-0.2, 0) is 0 Å². The van der Waals surface area contributed by atoms with E-state index >= 15 is 0 Å². The number of aryl methyl sites for hydroxylation is 1. The average Bonchev–Trinajstić information content (AvgIpc) is 3.40. The van der Waals surface area contributed by atoms with Crippen LogP contribution >= 0.6 is 0 Å². The number of nitriles is 1. The number of hydrogen-bond donors (Lipinski definition) is 4. The van der Waals surface area contributed by atoms with Crippen LogP contribution in [0.25, 0.3) is 10.9 Å². The number of hydrogen-bond acceptors (Lipinski definition) is 8. The molecule has 1 aliphatic rings. The summed E-state index contributed by atoms with van der Waals surface area (Å²) in [4.78, 5) is 8.43. The molecule has 0 saturated heterocycles. The number of nitrogens with one attached hydrogen (secondary N) is 4. The van der Waals surface area contributed by atoms with Crippen LogP contribution in [0.1, 0.15) is 63.0 Å². The number of nitrogens with zero attached hydrogens (tertiary/aromatic N) is 4. The van der Waals surface area contributed by atoms with Crippen molar-refractivity contribution in [2.45, 2.75) is 59.5 Å². The van der Waals surface area contributed by atoms with Crippen molar-refractivity contribution in [3.8, 4) is 18.4 Å². The van der Waals surface area contributed by atoms with Crippen LogP contribution < -0.4 is 21.6 Å². The SMILES string of the molecule is C#Cc1cnc2c(C#N)cc(N[C@H](C3=CN(C(C)(C)C(F)F)NN3)c3ccc(F)nc3C)cc2c1NCC(C)(C)C. The van der Waals surface area contributed by atoms with Gasteiger partial charge in [0.05, 0.1) is 34.1 Å². The largest absolute Gasteiger partial charge is 0.383 e. The van der Waals surface area contributed by atoms with Gasteiger partial charge in [0.25, 0.3) is 6.43 Å². The molecule has 1 aliphatic heterocycles. The van der Waals surface area contributed by atoms with Gasteiger partial charge in [0.1, 0.15) is 11.6 Å². The van der Waals surface area contributed by atoms with E-state index in [1.54, 1.807) is 25.3 Å². The fraction of sp³-hybridized carbons (Fsp3) is 0.367. The van der Waals surface area contributed by atoms with Gasteiger partial charge < -0.3 is 16.1 Å².